The molecular formula is C30H43N3O3. The quantitative estimate of drug-likeness (QED) is 0.286. The first-order valence-corrected chi connectivity index (χ1v) is 13.4. The Morgan fingerprint density at radius 3 is 2.14 bits per heavy atom. The number of anilines is 3. The zero-order valence-electron chi connectivity index (χ0n) is 22.5. The summed E-state index contributed by atoms with van der Waals surface area (Å²) < 4.78 is 0. The average molecular weight is 494 g/mol. The summed E-state index contributed by atoms with van der Waals surface area (Å²) in [5.74, 6) is 0.656. The number of carboxylic acids is 1. The van der Waals surface area contributed by atoms with Gasteiger partial charge in [-0.05, 0) is 66.8 Å². The second kappa shape index (κ2) is 12.8. The summed E-state index contributed by atoms with van der Waals surface area (Å²) in [4.78, 5) is 27.1. The Morgan fingerprint density at radius 1 is 0.972 bits per heavy atom. The highest BCUT2D eigenvalue weighted by atomic mass is 16.4. The summed E-state index contributed by atoms with van der Waals surface area (Å²) in [6.45, 7) is 12.5. The second-order valence-corrected chi connectivity index (χ2v) is 11.2. The van der Waals surface area contributed by atoms with Crippen LogP contribution in [0.3, 0.4) is 0 Å². The van der Waals surface area contributed by atoms with E-state index in [1.54, 1.807) is 0 Å². The summed E-state index contributed by atoms with van der Waals surface area (Å²) in [6, 6.07) is 13.5. The van der Waals surface area contributed by atoms with E-state index in [9.17, 15) is 14.7 Å². The predicted molar refractivity (Wildman–Crippen MR) is 149 cm³/mol. The fourth-order valence-electron chi connectivity index (χ4n) is 4.94. The van der Waals surface area contributed by atoms with Gasteiger partial charge >= 0.3 is 12.0 Å². The highest BCUT2D eigenvalue weighted by Gasteiger charge is 2.26. The fourth-order valence-corrected chi connectivity index (χ4v) is 4.94. The summed E-state index contributed by atoms with van der Waals surface area (Å²) in [7, 11) is 0. The van der Waals surface area contributed by atoms with E-state index >= 15 is 0 Å². The lowest BCUT2D eigenvalue weighted by Gasteiger charge is -2.32. The topological polar surface area (TPSA) is 81.7 Å². The molecule has 2 aromatic rings. The van der Waals surface area contributed by atoms with Crippen LogP contribution in [0.5, 0.6) is 0 Å². The van der Waals surface area contributed by atoms with E-state index in [2.05, 4.69) is 55.4 Å². The molecule has 196 valence electrons. The first-order chi connectivity index (χ1) is 17.1. The maximum atomic E-state index is 13.0. The number of nitrogens with one attached hydrogen (secondary N) is 2. The molecule has 1 fully saturated rings. The number of hydrogen-bond donors (Lipinski definition) is 3. The Bertz CT molecular complexity index is 1000. The van der Waals surface area contributed by atoms with Crippen molar-refractivity contribution in [2.24, 2.45) is 17.8 Å². The van der Waals surface area contributed by atoms with Crippen molar-refractivity contribution < 1.29 is 14.7 Å². The summed E-state index contributed by atoms with van der Waals surface area (Å²) in [6.07, 6.45) is 4.56. The van der Waals surface area contributed by atoms with Gasteiger partial charge in [0.2, 0.25) is 0 Å². The molecule has 0 aromatic heterocycles. The molecule has 2 aromatic carbocycles. The molecule has 2 amide bonds. The molecule has 36 heavy (non-hydrogen) atoms. The van der Waals surface area contributed by atoms with Crippen molar-refractivity contribution in [3.63, 3.8) is 0 Å². The van der Waals surface area contributed by atoms with Gasteiger partial charge in [0.25, 0.3) is 0 Å². The molecule has 3 N–H and O–H groups in total. The number of urea groups is 1. The number of rotatable bonds is 12. The molecular weight excluding hydrogens is 450 g/mol. The molecule has 1 aliphatic rings. The third-order valence-electron chi connectivity index (χ3n) is 6.83. The number of nitrogens with zero attached hydrogens (tertiary/aromatic N) is 1. The smallest absolute Gasteiger partial charge is 0.323 e. The molecule has 1 atom stereocenters. The number of carboxylic acid groups (broad SMARTS) is 1. The molecule has 1 saturated carbocycles. The maximum Gasteiger partial charge on any atom is 0.323 e. The average Bonchev–Trinajstić information content (AvgIpc) is 2.75. The summed E-state index contributed by atoms with van der Waals surface area (Å²) in [5, 5.41) is 15.6. The first-order valence-electron chi connectivity index (χ1n) is 13.4. The van der Waals surface area contributed by atoms with Crippen LogP contribution in [0.25, 0.3) is 0 Å². The Morgan fingerprint density at radius 2 is 1.61 bits per heavy atom. The number of aliphatic carboxylic acids is 1. The monoisotopic (exact) mass is 493 g/mol. The molecule has 0 aliphatic heterocycles. The molecule has 0 saturated heterocycles. The molecule has 0 unspecified atom stereocenters. The first kappa shape index (κ1) is 27.6. The van der Waals surface area contributed by atoms with E-state index in [1.807, 2.05) is 37.3 Å². The fraction of sp³-hybridized carbons (Fsp3) is 0.533. The minimum atomic E-state index is -0.781. The Labute approximate surface area is 216 Å². The zero-order chi connectivity index (χ0) is 26.2. The highest BCUT2D eigenvalue weighted by Crippen LogP contribution is 2.39. The molecule has 6 nitrogen and oxygen atoms in total. The molecule has 0 heterocycles. The third-order valence-corrected chi connectivity index (χ3v) is 6.83. The normalized spacial score (nSPS) is 14.4. The van der Waals surface area contributed by atoms with Crippen molar-refractivity contribution in [3.05, 3.63) is 53.6 Å². The predicted octanol–water partition coefficient (Wildman–Crippen LogP) is 7.51. The van der Waals surface area contributed by atoms with Gasteiger partial charge < -0.3 is 20.6 Å². The van der Waals surface area contributed by atoms with Gasteiger partial charge in [-0.15, -0.1) is 0 Å². The van der Waals surface area contributed by atoms with Gasteiger partial charge in [0.1, 0.15) is 0 Å². The summed E-state index contributed by atoms with van der Waals surface area (Å²) >= 11 is 0. The van der Waals surface area contributed by atoms with Crippen LogP contribution in [-0.4, -0.2) is 30.2 Å². The van der Waals surface area contributed by atoms with Gasteiger partial charge in [0.05, 0.1) is 17.8 Å². The van der Waals surface area contributed by atoms with Crippen molar-refractivity contribution in [1.82, 2.24) is 0 Å². The van der Waals surface area contributed by atoms with Crippen LogP contribution in [0.4, 0.5) is 21.9 Å². The molecule has 0 radical (unpaired) electrons. The number of carbonyl (C=O) groups is 2. The van der Waals surface area contributed by atoms with Crippen molar-refractivity contribution >= 4 is 29.1 Å². The van der Waals surface area contributed by atoms with Crippen LogP contribution >= 0.6 is 0 Å². The molecule has 3 rings (SSSR count). The lowest BCUT2D eigenvalue weighted by Crippen LogP contribution is -2.32. The molecule has 0 spiro atoms. The zero-order valence-corrected chi connectivity index (χ0v) is 22.5. The van der Waals surface area contributed by atoms with E-state index in [-0.39, 0.29) is 18.4 Å². The lowest BCUT2D eigenvalue weighted by atomic mass is 9.76. The van der Waals surface area contributed by atoms with Gasteiger partial charge in [0.15, 0.2) is 0 Å². The van der Waals surface area contributed by atoms with Gasteiger partial charge in [-0.1, -0.05) is 70.7 Å². The lowest BCUT2D eigenvalue weighted by molar-refractivity contribution is -0.137. The third kappa shape index (κ3) is 8.28. The number of benzene rings is 2. The Balaban J connectivity index is 1.94. The van der Waals surface area contributed by atoms with Crippen LogP contribution in [0.15, 0.2) is 42.5 Å². The van der Waals surface area contributed by atoms with Crippen molar-refractivity contribution in [2.45, 2.75) is 72.6 Å². The van der Waals surface area contributed by atoms with E-state index < -0.39 is 5.97 Å². The molecule has 6 heteroatoms. The van der Waals surface area contributed by atoms with Gasteiger partial charge in [0, 0.05) is 18.8 Å². The highest BCUT2D eigenvalue weighted by molar-refractivity contribution is 6.02. The minimum Gasteiger partial charge on any atom is -0.481 e. The van der Waals surface area contributed by atoms with Crippen molar-refractivity contribution in [3.8, 4) is 0 Å². The maximum absolute atomic E-state index is 13.0. The van der Waals surface area contributed by atoms with Crippen LogP contribution in [0.1, 0.15) is 76.8 Å². The Hall–Kier alpha value is -3.02. The second-order valence-electron chi connectivity index (χ2n) is 11.2. The Kier molecular flexibility index (Phi) is 9.80. The number of carbonyl (C=O) groups excluding carboxylic acids is 1. The standard InChI is InChI=1S/C30H43N3O3/c1-20(2)18-33(19-21(3)4)28-14-11-24(25(17-29(34)35)15-23-7-6-8-23)16-27(28)32-30(36)31-26-12-9-22(5)10-13-26/h9-14,16,20-21,23,25H,6-8,15,17-19H2,1-5H3,(H,34,35)(H2,31,32,36)/t25-/m0/s1. The van der Waals surface area contributed by atoms with Gasteiger partial charge in [-0.3, -0.25) is 4.79 Å². The van der Waals surface area contributed by atoms with Crippen molar-refractivity contribution in [2.75, 3.05) is 28.6 Å². The number of amides is 2. The van der Waals surface area contributed by atoms with Crippen LogP contribution in [-0.2, 0) is 4.79 Å². The van der Waals surface area contributed by atoms with Crippen LogP contribution in [0, 0.1) is 24.7 Å². The SMILES string of the molecule is Cc1ccc(NC(=O)Nc2cc([C@H](CC(=O)O)CC3CCC3)ccc2N(CC(C)C)CC(C)C)cc1. The molecule has 1 aliphatic carbocycles. The number of aryl methyl sites for hydroxylation is 1. The van der Waals surface area contributed by atoms with Gasteiger partial charge in [-0.2, -0.15) is 0 Å². The van der Waals surface area contributed by atoms with Gasteiger partial charge in [-0.25, -0.2) is 4.79 Å². The minimum absolute atomic E-state index is 0.0637. The summed E-state index contributed by atoms with van der Waals surface area (Å²) in [5.41, 5.74) is 4.53. The van der Waals surface area contributed by atoms with E-state index in [4.69, 9.17) is 0 Å². The largest absolute Gasteiger partial charge is 0.481 e. The molecule has 0 bridgehead atoms. The van der Waals surface area contributed by atoms with E-state index in [0.717, 1.165) is 47.7 Å². The van der Waals surface area contributed by atoms with Crippen LogP contribution < -0.4 is 15.5 Å². The number of hydrogen-bond acceptors (Lipinski definition) is 3. The van der Waals surface area contributed by atoms with E-state index in [1.165, 1.54) is 19.3 Å². The van der Waals surface area contributed by atoms with Crippen LogP contribution in [0.2, 0.25) is 0 Å². The van der Waals surface area contributed by atoms with Crippen molar-refractivity contribution in [1.29, 1.82) is 0 Å². The van der Waals surface area contributed by atoms with E-state index in [0.29, 0.717) is 17.8 Å².